The van der Waals surface area contributed by atoms with Crippen molar-refractivity contribution < 1.29 is 19.2 Å². The fraction of sp³-hybridized carbons (Fsp3) is 0.333. The van der Waals surface area contributed by atoms with Crippen LogP contribution < -0.4 is 10.2 Å². The van der Waals surface area contributed by atoms with E-state index in [4.69, 9.17) is 4.74 Å². The molecule has 0 saturated heterocycles. The summed E-state index contributed by atoms with van der Waals surface area (Å²) in [6.07, 6.45) is -0.0181. The van der Waals surface area contributed by atoms with Crippen molar-refractivity contribution >= 4 is 35.1 Å². The predicted molar refractivity (Wildman–Crippen MR) is 114 cm³/mol. The van der Waals surface area contributed by atoms with Crippen molar-refractivity contribution in [2.45, 2.75) is 42.6 Å². The standard InChI is InChI=1S/C21H23N3O5S/c1-21(2,3)29-20(26)22-11-6-12-23-16-10-9-14(24(27)28)13-18(16)30-17-8-5-4-7-15(17)19(23)25/h4-5,7-10,13H,6,11-12H2,1-3H3,(H,22,26). The van der Waals surface area contributed by atoms with Crippen LogP contribution in [-0.2, 0) is 4.74 Å². The molecule has 0 bridgehead atoms. The maximum Gasteiger partial charge on any atom is 0.407 e. The Kier molecular flexibility index (Phi) is 6.31. The summed E-state index contributed by atoms with van der Waals surface area (Å²) in [5.41, 5.74) is 0.546. The van der Waals surface area contributed by atoms with Crippen molar-refractivity contribution in [2.75, 3.05) is 18.0 Å². The minimum Gasteiger partial charge on any atom is -0.444 e. The molecular weight excluding hydrogens is 406 g/mol. The van der Waals surface area contributed by atoms with Gasteiger partial charge in [0.05, 0.1) is 16.2 Å². The molecule has 1 N–H and O–H groups in total. The van der Waals surface area contributed by atoms with Crippen LogP contribution in [0.1, 0.15) is 37.6 Å². The SMILES string of the molecule is CC(C)(C)OC(=O)NCCCN1C(=O)c2ccccc2Sc2cc([N+](=O)[O-])ccc21. The number of nitrogens with one attached hydrogen (secondary N) is 1. The van der Waals surface area contributed by atoms with E-state index in [-0.39, 0.29) is 11.6 Å². The van der Waals surface area contributed by atoms with Gasteiger partial charge < -0.3 is 15.0 Å². The van der Waals surface area contributed by atoms with E-state index in [1.54, 1.807) is 43.9 Å². The number of non-ortho nitro benzene ring substituents is 1. The topological polar surface area (TPSA) is 102 Å². The van der Waals surface area contributed by atoms with Crippen LogP contribution in [0.25, 0.3) is 0 Å². The lowest BCUT2D eigenvalue weighted by molar-refractivity contribution is -0.385. The Hall–Kier alpha value is -3.07. The second-order valence-corrected chi connectivity index (χ2v) is 8.83. The van der Waals surface area contributed by atoms with Crippen LogP contribution >= 0.6 is 11.8 Å². The molecule has 9 heteroatoms. The van der Waals surface area contributed by atoms with Gasteiger partial charge in [-0.25, -0.2) is 4.79 Å². The number of carbonyl (C=O) groups is 2. The van der Waals surface area contributed by atoms with E-state index in [2.05, 4.69) is 5.32 Å². The molecule has 30 heavy (non-hydrogen) atoms. The van der Waals surface area contributed by atoms with E-state index in [1.165, 1.54) is 23.9 Å². The van der Waals surface area contributed by atoms with Crippen molar-refractivity contribution in [1.29, 1.82) is 0 Å². The first-order valence-electron chi connectivity index (χ1n) is 9.50. The van der Waals surface area contributed by atoms with Gasteiger partial charge in [0.2, 0.25) is 0 Å². The Labute approximate surface area is 178 Å². The molecule has 0 atom stereocenters. The highest BCUT2D eigenvalue weighted by molar-refractivity contribution is 7.99. The van der Waals surface area contributed by atoms with Crippen LogP contribution in [0.4, 0.5) is 16.2 Å². The molecule has 2 aromatic carbocycles. The summed E-state index contributed by atoms with van der Waals surface area (Å²) in [6, 6.07) is 11.7. The number of hydrogen-bond acceptors (Lipinski definition) is 6. The highest BCUT2D eigenvalue weighted by atomic mass is 32.2. The van der Waals surface area contributed by atoms with E-state index >= 15 is 0 Å². The smallest absolute Gasteiger partial charge is 0.407 e. The second kappa shape index (κ2) is 8.74. The summed E-state index contributed by atoms with van der Waals surface area (Å²) >= 11 is 1.34. The minimum atomic E-state index is -0.584. The summed E-state index contributed by atoms with van der Waals surface area (Å²) in [5, 5.41) is 13.9. The van der Waals surface area contributed by atoms with Gasteiger partial charge in [-0.2, -0.15) is 0 Å². The van der Waals surface area contributed by atoms with Gasteiger partial charge in [0.1, 0.15) is 5.60 Å². The third-order valence-electron chi connectivity index (χ3n) is 4.25. The van der Waals surface area contributed by atoms with Gasteiger partial charge in [0, 0.05) is 35.0 Å². The molecular formula is C21H23N3O5S. The Bertz CT molecular complexity index is 987. The predicted octanol–water partition coefficient (Wildman–Crippen LogP) is 4.62. The summed E-state index contributed by atoms with van der Waals surface area (Å²) in [5.74, 6) is -0.178. The zero-order valence-corrected chi connectivity index (χ0v) is 17.8. The number of nitro benzene ring substituents is 1. The number of anilines is 1. The number of alkyl carbamates (subject to hydrolysis) is 1. The molecule has 1 heterocycles. The lowest BCUT2D eigenvalue weighted by Gasteiger charge is -2.23. The number of nitro groups is 1. The zero-order valence-electron chi connectivity index (χ0n) is 17.0. The van der Waals surface area contributed by atoms with E-state index in [9.17, 15) is 19.7 Å². The quantitative estimate of drug-likeness (QED) is 0.423. The fourth-order valence-corrected chi connectivity index (χ4v) is 4.10. The average Bonchev–Trinajstić information content (AvgIpc) is 2.78. The van der Waals surface area contributed by atoms with Crippen molar-refractivity contribution in [3.05, 3.63) is 58.1 Å². The van der Waals surface area contributed by atoms with E-state index in [1.807, 2.05) is 12.1 Å². The van der Waals surface area contributed by atoms with Crippen LogP contribution in [0.15, 0.2) is 52.3 Å². The van der Waals surface area contributed by atoms with Gasteiger partial charge in [0.25, 0.3) is 11.6 Å². The highest BCUT2D eigenvalue weighted by Gasteiger charge is 2.28. The summed E-state index contributed by atoms with van der Waals surface area (Å²) in [7, 11) is 0. The molecule has 3 rings (SSSR count). The molecule has 0 radical (unpaired) electrons. The number of ether oxygens (including phenoxy) is 1. The first-order chi connectivity index (χ1) is 14.2. The Morgan fingerprint density at radius 1 is 1.20 bits per heavy atom. The summed E-state index contributed by atoms with van der Waals surface area (Å²) < 4.78 is 5.21. The summed E-state index contributed by atoms with van der Waals surface area (Å²) in [6.45, 7) is 6.03. The number of benzene rings is 2. The number of amides is 2. The van der Waals surface area contributed by atoms with Crippen LogP contribution in [0.2, 0.25) is 0 Å². The summed E-state index contributed by atoms with van der Waals surface area (Å²) in [4.78, 5) is 38.8. The van der Waals surface area contributed by atoms with Crippen molar-refractivity contribution in [3.8, 4) is 0 Å². The van der Waals surface area contributed by atoms with E-state index < -0.39 is 16.6 Å². The lowest BCUT2D eigenvalue weighted by Crippen LogP contribution is -2.36. The van der Waals surface area contributed by atoms with Crippen molar-refractivity contribution in [2.24, 2.45) is 0 Å². The number of rotatable bonds is 5. The fourth-order valence-electron chi connectivity index (χ4n) is 2.99. The molecule has 0 saturated carbocycles. The molecule has 0 spiro atoms. The second-order valence-electron chi connectivity index (χ2n) is 7.75. The van der Waals surface area contributed by atoms with Crippen molar-refractivity contribution in [1.82, 2.24) is 5.32 Å². The maximum atomic E-state index is 13.2. The third kappa shape index (κ3) is 5.10. The first kappa shape index (κ1) is 21.6. The highest BCUT2D eigenvalue weighted by Crippen LogP contribution is 2.42. The van der Waals surface area contributed by atoms with Gasteiger partial charge in [-0.3, -0.25) is 14.9 Å². The average molecular weight is 429 g/mol. The van der Waals surface area contributed by atoms with Gasteiger partial charge in [-0.15, -0.1) is 0 Å². The molecule has 0 fully saturated rings. The monoisotopic (exact) mass is 429 g/mol. The van der Waals surface area contributed by atoms with Crippen molar-refractivity contribution in [3.63, 3.8) is 0 Å². The van der Waals surface area contributed by atoms with Gasteiger partial charge in [-0.1, -0.05) is 23.9 Å². The zero-order chi connectivity index (χ0) is 21.9. The molecule has 0 aromatic heterocycles. The largest absolute Gasteiger partial charge is 0.444 e. The molecule has 8 nitrogen and oxygen atoms in total. The van der Waals surface area contributed by atoms with E-state index in [0.29, 0.717) is 35.7 Å². The van der Waals surface area contributed by atoms with Crippen LogP contribution in [-0.4, -0.2) is 35.6 Å². The Balaban J connectivity index is 1.80. The molecule has 1 aliphatic rings. The molecule has 2 amide bonds. The molecule has 0 aliphatic carbocycles. The number of nitrogens with zero attached hydrogens (tertiary/aromatic N) is 2. The first-order valence-corrected chi connectivity index (χ1v) is 10.3. The molecule has 1 aliphatic heterocycles. The van der Waals surface area contributed by atoms with Crippen LogP contribution in [0, 0.1) is 10.1 Å². The minimum absolute atomic E-state index is 0.0281. The van der Waals surface area contributed by atoms with Gasteiger partial charge >= 0.3 is 6.09 Å². The van der Waals surface area contributed by atoms with Crippen LogP contribution in [0.5, 0.6) is 0 Å². The number of fused-ring (bicyclic) bond motifs is 2. The normalized spacial score (nSPS) is 13.2. The number of carbonyl (C=O) groups excluding carboxylic acids is 2. The third-order valence-corrected chi connectivity index (χ3v) is 5.38. The van der Waals surface area contributed by atoms with Gasteiger partial charge in [-0.05, 0) is 45.4 Å². The maximum absolute atomic E-state index is 13.2. The molecule has 2 aromatic rings. The van der Waals surface area contributed by atoms with Gasteiger partial charge in [0.15, 0.2) is 0 Å². The lowest BCUT2D eigenvalue weighted by atomic mass is 10.1. The molecule has 0 unspecified atom stereocenters. The van der Waals surface area contributed by atoms with E-state index in [0.717, 1.165) is 4.90 Å². The molecule has 158 valence electrons. The van der Waals surface area contributed by atoms with Crippen LogP contribution in [0.3, 0.4) is 0 Å². The Morgan fingerprint density at radius 2 is 1.93 bits per heavy atom. The number of hydrogen-bond donors (Lipinski definition) is 1. The Morgan fingerprint density at radius 3 is 2.63 bits per heavy atom.